The summed E-state index contributed by atoms with van der Waals surface area (Å²) in [7, 11) is 0. The highest BCUT2D eigenvalue weighted by Crippen LogP contribution is 2.34. The predicted molar refractivity (Wildman–Crippen MR) is 97.6 cm³/mol. The molecule has 2 unspecified atom stereocenters. The summed E-state index contributed by atoms with van der Waals surface area (Å²) in [5.74, 6) is 0. The van der Waals surface area contributed by atoms with Gasteiger partial charge in [0.1, 0.15) is 18.2 Å². The fourth-order valence-electron chi connectivity index (χ4n) is 2.92. The molecule has 2 aromatic carbocycles. The number of carbonyl (C=O) groups is 1. The molecule has 26 heavy (non-hydrogen) atoms. The zero-order valence-corrected chi connectivity index (χ0v) is 14.6. The van der Waals surface area contributed by atoms with Crippen LogP contribution in [-0.2, 0) is 22.5 Å². The fraction of sp³-hybridized carbons (Fsp3) is 0.350. The molecule has 136 valence electrons. The number of alkyl carbamates (subject to hydrolysis) is 1. The van der Waals surface area contributed by atoms with E-state index in [-0.39, 0.29) is 6.61 Å². The van der Waals surface area contributed by atoms with Gasteiger partial charge < -0.3 is 14.8 Å². The van der Waals surface area contributed by atoms with Crippen LogP contribution >= 0.6 is 0 Å². The third kappa shape index (κ3) is 4.67. The van der Waals surface area contributed by atoms with E-state index >= 15 is 0 Å². The standard InChI is InChI=1S/C20H22N2O4/c1-20(14-26-20)18(22-24)17(12-15-8-4-2-5-9-15)21-19(23)25-13-16-10-6-3-7-11-16/h2-11,17-18H,12-14H2,1H3,(H,21,23)/t17-,18?,20?/m0/s1. The van der Waals surface area contributed by atoms with Gasteiger partial charge in [0.2, 0.25) is 0 Å². The van der Waals surface area contributed by atoms with Crippen LogP contribution in [0, 0.1) is 4.91 Å². The monoisotopic (exact) mass is 354 g/mol. The van der Waals surface area contributed by atoms with E-state index in [1.165, 1.54) is 0 Å². The molecule has 1 aliphatic heterocycles. The first kappa shape index (κ1) is 18.1. The molecule has 1 aliphatic rings. The van der Waals surface area contributed by atoms with Crippen LogP contribution in [0.5, 0.6) is 0 Å². The van der Waals surface area contributed by atoms with Crippen molar-refractivity contribution in [2.75, 3.05) is 6.61 Å². The Kier molecular flexibility index (Phi) is 5.63. The van der Waals surface area contributed by atoms with Gasteiger partial charge in [-0.15, -0.1) is 0 Å². The van der Waals surface area contributed by atoms with E-state index in [0.29, 0.717) is 13.0 Å². The first-order valence-electron chi connectivity index (χ1n) is 8.58. The molecule has 3 atom stereocenters. The summed E-state index contributed by atoms with van der Waals surface area (Å²) in [4.78, 5) is 23.7. The average Bonchev–Trinajstić information content (AvgIpc) is 3.40. The predicted octanol–water partition coefficient (Wildman–Crippen LogP) is 3.45. The lowest BCUT2D eigenvalue weighted by Gasteiger charge is -2.25. The molecule has 6 heteroatoms. The number of ether oxygens (including phenoxy) is 2. The molecule has 0 bridgehead atoms. The number of rotatable bonds is 8. The lowest BCUT2D eigenvalue weighted by molar-refractivity contribution is 0.130. The number of carbonyl (C=O) groups excluding carboxylic acids is 1. The number of hydrogen-bond donors (Lipinski definition) is 1. The van der Waals surface area contributed by atoms with E-state index < -0.39 is 23.8 Å². The van der Waals surface area contributed by atoms with Crippen molar-refractivity contribution in [3.05, 3.63) is 76.7 Å². The van der Waals surface area contributed by atoms with Crippen molar-refractivity contribution < 1.29 is 14.3 Å². The second kappa shape index (κ2) is 8.10. The van der Waals surface area contributed by atoms with Gasteiger partial charge in [-0.1, -0.05) is 65.8 Å². The Hall–Kier alpha value is -2.73. The van der Waals surface area contributed by atoms with Crippen molar-refractivity contribution in [3.8, 4) is 0 Å². The fourth-order valence-corrected chi connectivity index (χ4v) is 2.92. The Morgan fingerprint density at radius 2 is 1.73 bits per heavy atom. The van der Waals surface area contributed by atoms with Crippen LogP contribution in [0.25, 0.3) is 0 Å². The van der Waals surface area contributed by atoms with E-state index in [1.807, 2.05) is 67.6 Å². The van der Waals surface area contributed by atoms with E-state index in [2.05, 4.69) is 10.5 Å². The van der Waals surface area contributed by atoms with Crippen molar-refractivity contribution in [2.24, 2.45) is 5.18 Å². The van der Waals surface area contributed by atoms with Crippen molar-refractivity contribution in [3.63, 3.8) is 0 Å². The molecule has 0 aliphatic carbocycles. The number of nitrogens with one attached hydrogen (secondary N) is 1. The van der Waals surface area contributed by atoms with Gasteiger partial charge in [-0.25, -0.2) is 4.79 Å². The maximum Gasteiger partial charge on any atom is 0.407 e. The summed E-state index contributed by atoms with van der Waals surface area (Å²) < 4.78 is 10.7. The highest BCUT2D eigenvalue weighted by Gasteiger charge is 2.52. The molecule has 0 spiro atoms. The van der Waals surface area contributed by atoms with E-state index in [0.717, 1.165) is 11.1 Å². The van der Waals surface area contributed by atoms with Crippen molar-refractivity contribution in [2.45, 2.75) is 37.6 Å². The van der Waals surface area contributed by atoms with Crippen LogP contribution in [0.15, 0.2) is 65.8 Å². The van der Waals surface area contributed by atoms with Gasteiger partial charge in [0.05, 0.1) is 12.6 Å². The van der Waals surface area contributed by atoms with Crippen molar-refractivity contribution in [1.82, 2.24) is 5.32 Å². The molecule has 1 saturated heterocycles. The maximum atomic E-state index is 12.3. The molecule has 1 amide bonds. The number of nitroso groups, excluding NO2 is 1. The molecule has 6 nitrogen and oxygen atoms in total. The molecule has 2 aromatic rings. The highest BCUT2D eigenvalue weighted by atomic mass is 16.6. The third-order valence-corrected chi connectivity index (χ3v) is 4.53. The van der Waals surface area contributed by atoms with Gasteiger partial charge >= 0.3 is 6.09 Å². The smallest absolute Gasteiger partial charge is 0.407 e. The topological polar surface area (TPSA) is 80.3 Å². The van der Waals surface area contributed by atoms with Crippen LogP contribution in [0.4, 0.5) is 4.79 Å². The van der Waals surface area contributed by atoms with Crippen LogP contribution in [0.2, 0.25) is 0 Å². The zero-order chi connectivity index (χ0) is 18.4. The number of epoxide rings is 1. The quantitative estimate of drug-likeness (QED) is 0.582. The molecular weight excluding hydrogens is 332 g/mol. The van der Waals surface area contributed by atoms with E-state index in [9.17, 15) is 9.70 Å². The summed E-state index contributed by atoms with van der Waals surface area (Å²) in [6, 6.07) is 17.9. The molecule has 0 radical (unpaired) electrons. The van der Waals surface area contributed by atoms with Gasteiger partial charge in [-0.3, -0.25) is 0 Å². The highest BCUT2D eigenvalue weighted by molar-refractivity contribution is 5.67. The van der Waals surface area contributed by atoms with Crippen LogP contribution in [0.1, 0.15) is 18.1 Å². The molecule has 0 aromatic heterocycles. The summed E-state index contributed by atoms with van der Waals surface area (Å²) in [6.45, 7) is 2.45. The van der Waals surface area contributed by atoms with E-state index in [4.69, 9.17) is 9.47 Å². The maximum absolute atomic E-state index is 12.3. The second-order valence-corrected chi connectivity index (χ2v) is 6.65. The lowest BCUT2D eigenvalue weighted by Crippen LogP contribution is -2.49. The van der Waals surface area contributed by atoms with Gasteiger partial charge in [-0.05, 0) is 24.5 Å². The number of benzene rings is 2. The Bertz CT molecular complexity index is 732. The zero-order valence-electron chi connectivity index (χ0n) is 14.6. The molecule has 1 fully saturated rings. The van der Waals surface area contributed by atoms with Gasteiger partial charge in [-0.2, -0.15) is 4.91 Å². The van der Waals surface area contributed by atoms with Gasteiger partial charge in [0.15, 0.2) is 0 Å². The summed E-state index contributed by atoms with van der Waals surface area (Å²) in [5.41, 5.74) is 1.26. The minimum atomic E-state index is -0.688. The number of hydrogen-bond acceptors (Lipinski definition) is 5. The normalized spacial score (nSPS) is 20.7. The van der Waals surface area contributed by atoms with Crippen LogP contribution < -0.4 is 5.32 Å². The SMILES string of the molecule is CC1(C(N=O)[C@H](Cc2ccccc2)NC(=O)OCc2ccccc2)CO1. The molecular formula is C20H22N2O4. The Morgan fingerprint density at radius 1 is 1.15 bits per heavy atom. The lowest BCUT2D eigenvalue weighted by atomic mass is 9.91. The Labute approximate surface area is 152 Å². The molecule has 3 rings (SSSR count). The summed E-state index contributed by atoms with van der Waals surface area (Å²) in [6.07, 6.45) is -0.107. The minimum absolute atomic E-state index is 0.164. The number of nitrogens with zero attached hydrogens (tertiary/aromatic N) is 1. The molecule has 0 saturated carbocycles. The third-order valence-electron chi connectivity index (χ3n) is 4.53. The van der Waals surface area contributed by atoms with Crippen molar-refractivity contribution >= 4 is 6.09 Å². The first-order chi connectivity index (χ1) is 12.6. The Morgan fingerprint density at radius 3 is 2.27 bits per heavy atom. The van der Waals surface area contributed by atoms with Crippen molar-refractivity contribution in [1.29, 1.82) is 0 Å². The molecule has 1 N–H and O–H groups in total. The minimum Gasteiger partial charge on any atom is -0.445 e. The van der Waals surface area contributed by atoms with Gasteiger partial charge in [0, 0.05) is 0 Å². The van der Waals surface area contributed by atoms with Gasteiger partial charge in [0.25, 0.3) is 0 Å². The second-order valence-electron chi connectivity index (χ2n) is 6.65. The molecule has 1 heterocycles. The van der Waals surface area contributed by atoms with Crippen LogP contribution in [0.3, 0.4) is 0 Å². The summed E-state index contributed by atoms with van der Waals surface area (Å²) in [5, 5.41) is 6.04. The largest absolute Gasteiger partial charge is 0.445 e. The Balaban J connectivity index is 1.66. The van der Waals surface area contributed by atoms with E-state index in [1.54, 1.807) is 0 Å². The summed E-state index contributed by atoms with van der Waals surface area (Å²) >= 11 is 0. The number of amides is 1. The first-order valence-corrected chi connectivity index (χ1v) is 8.58. The average molecular weight is 354 g/mol. The van der Waals surface area contributed by atoms with Crippen LogP contribution in [-0.4, -0.2) is 30.4 Å².